The lowest BCUT2D eigenvalue weighted by molar-refractivity contribution is 0.795. The first-order valence-corrected chi connectivity index (χ1v) is 5.74. The van der Waals surface area contributed by atoms with E-state index >= 15 is 0 Å². The van der Waals surface area contributed by atoms with Gasteiger partial charge in [0.05, 0.1) is 25.0 Å². The van der Waals surface area contributed by atoms with Crippen LogP contribution < -0.4 is 4.90 Å². The summed E-state index contributed by atoms with van der Waals surface area (Å²) in [6, 6.07) is 10.6. The van der Waals surface area contributed by atoms with E-state index in [0.717, 1.165) is 5.69 Å². The van der Waals surface area contributed by atoms with Crippen molar-refractivity contribution in [2.75, 3.05) is 18.0 Å². The van der Waals surface area contributed by atoms with Crippen LogP contribution in [-0.4, -0.2) is 13.1 Å². The van der Waals surface area contributed by atoms with Crippen LogP contribution in [0.1, 0.15) is 24.0 Å². The lowest BCUT2D eigenvalue weighted by Gasteiger charge is -2.23. The van der Waals surface area contributed by atoms with E-state index in [1.165, 1.54) is 11.1 Å². The molecule has 0 saturated carbocycles. The molecule has 0 bridgehead atoms. The number of benzene rings is 1. The van der Waals surface area contributed by atoms with Crippen LogP contribution >= 0.6 is 0 Å². The van der Waals surface area contributed by atoms with Crippen LogP contribution in [0, 0.1) is 36.5 Å². The van der Waals surface area contributed by atoms with Crippen LogP contribution in [0.15, 0.2) is 18.2 Å². The summed E-state index contributed by atoms with van der Waals surface area (Å²) in [7, 11) is 0. The monoisotopic (exact) mass is 227 g/mol. The van der Waals surface area contributed by atoms with E-state index < -0.39 is 0 Å². The summed E-state index contributed by atoms with van der Waals surface area (Å²) in [6.07, 6.45) is 0.969. The second kappa shape index (κ2) is 6.55. The van der Waals surface area contributed by atoms with Gasteiger partial charge in [-0.3, -0.25) is 0 Å². The smallest absolute Gasteiger partial charge is 0.0640 e. The van der Waals surface area contributed by atoms with Gasteiger partial charge in [-0.1, -0.05) is 6.07 Å². The molecule has 0 aromatic heterocycles. The summed E-state index contributed by atoms with van der Waals surface area (Å²) in [6.45, 7) is 5.48. The SMILES string of the molecule is Cc1cc(C)cc(N(CCC#N)CCC#N)c1. The highest BCUT2D eigenvalue weighted by Crippen LogP contribution is 2.19. The maximum atomic E-state index is 8.65. The molecule has 0 fully saturated rings. The van der Waals surface area contributed by atoms with Crippen molar-refractivity contribution < 1.29 is 0 Å². The molecule has 1 aromatic carbocycles. The van der Waals surface area contributed by atoms with E-state index in [9.17, 15) is 0 Å². The average Bonchev–Trinajstić information content (AvgIpc) is 2.28. The third-order valence-electron chi connectivity index (χ3n) is 2.56. The van der Waals surface area contributed by atoms with Gasteiger partial charge in [0.15, 0.2) is 0 Å². The Kier molecular flexibility index (Phi) is 5.04. The first-order valence-electron chi connectivity index (χ1n) is 5.74. The molecule has 0 amide bonds. The van der Waals surface area contributed by atoms with Gasteiger partial charge in [0.2, 0.25) is 0 Å². The molecule has 17 heavy (non-hydrogen) atoms. The van der Waals surface area contributed by atoms with Crippen LogP contribution in [0.25, 0.3) is 0 Å². The van der Waals surface area contributed by atoms with E-state index in [1.807, 2.05) is 0 Å². The zero-order chi connectivity index (χ0) is 12.7. The lowest BCUT2D eigenvalue weighted by atomic mass is 10.1. The molecule has 0 spiro atoms. The van der Waals surface area contributed by atoms with Crippen molar-refractivity contribution in [3.8, 4) is 12.1 Å². The van der Waals surface area contributed by atoms with Gasteiger partial charge in [0, 0.05) is 18.8 Å². The fourth-order valence-corrected chi connectivity index (χ4v) is 1.87. The van der Waals surface area contributed by atoms with Crippen LogP contribution in [0.4, 0.5) is 5.69 Å². The predicted octanol–water partition coefficient (Wildman–Crippen LogP) is 2.94. The molecule has 0 N–H and O–H groups in total. The Morgan fingerprint density at radius 1 is 0.941 bits per heavy atom. The molecule has 0 aliphatic rings. The van der Waals surface area contributed by atoms with Gasteiger partial charge in [-0.05, 0) is 37.1 Å². The zero-order valence-corrected chi connectivity index (χ0v) is 10.4. The van der Waals surface area contributed by atoms with Crippen LogP contribution in [0.3, 0.4) is 0 Å². The van der Waals surface area contributed by atoms with Gasteiger partial charge in [-0.15, -0.1) is 0 Å². The fraction of sp³-hybridized carbons (Fsp3) is 0.429. The molecule has 1 rings (SSSR count). The summed E-state index contributed by atoms with van der Waals surface area (Å²) >= 11 is 0. The Labute approximate surface area is 103 Å². The molecule has 0 aliphatic carbocycles. The number of hydrogen-bond donors (Lipinski definition) is 0. The second-order valence-electron chi connectivity index (χ2n) is 4.15. The first-order chi connectivity index (χ1) is 8.17. The molecule has 0 saturated heterocycles. The van der Waals surface area contributed by atoms with E-state index in [2.05, 4.69) is 49.1 Å². The number of rotatable bonds is 5. The summed E-state index contributed by atoms with van der Waals surface area (Å²) in [4.78, 5) is 2.10. The molecular weight excluding hydrogens is 210 g/mol. The topological polar surface area (TPSA) is 50.8 Å². The van der Waals surface area contributed by atoms with Gasteiger partial charge in [0.1, 0.15) is 0 Å². The standard InChI is InChI=1S/C14H17N3/c1-12-9-13(2)11-14(10-12)17(7-3-5-15)8-4-6-16/h9-11H,3-4,7-8H2,1-2H3. The zero-order valence-electron chi connectivity index (χ0n) is 10.4. The Bertz CT molecular complexity index is 413. The van der Waals surface area contributed by atoms with Gasteiger partial charge >= 0.3 is 0 Å². The minimum absolute atomic E-state index is 0.485. The van der Waals surface area contributed by atoms with Crippen molar-refractivity contribution in [2.45, 2.75) is 26.7 Å². The lowest BCUT2D eigenvalue weighted by Crippen LogP contribution is -2.25. The highest BCUT2D eigenvalue weighted by Gasteiger charge is 2.06. The summed E-state index contributed by atoms with van der Waals surface area (Å²) < 4.78 is 0. The van der Waals surface area contributed by atoms with Crippen molar-refractivity contribution >= 4 is 5.69 Å². The van der Waals surface area contributed by atoms with Gasteiger partial charge < -0.3 is 4.90 Å². The second-order valence-corrected chi connectivity index (χ2v) is 4.15. The number of nitriles is 2. The maximum Gasteiger partial charge on any atom is 0.0640 e. The molecule has 3 nitrogen and oxygen atoms in total. The molecule has 1 aromatic rings. The predicted molar refractivity (Wildman–Crippen MR) is 68.6 cm³/mol. The summed E-state index contributed by atoms with van der Waals surface area (Å²) in [5, 5.41) is 17.3. The quantitative estimate of drug-likeness (QED) is 0.777. The first kappa shape index (κ1) is 13.1. The maximum absolute atomic E-state index is 8.65. The third kappa shape index (κ3) is 4.17. The van der Waals surface area contributed by atoms with E-state index in [0.29, 0.717) is 25.9 Å². The Morgan fingerprint density at radius 3 is 1.82 bits per heavy atom. The molecule has 3 heteroatoms. The molecule has 0 radical (unpaired) electrons. The van der Waals surface area contributed by atoms with Gasteiger partial charge in [0.25, 0.3) is 0 Å². The summed E-state index contributed by atoms with van der Waals surface area (Å²) in [5.41, 5.74) is 3.52. The largest absolute Gasteiger partial charge is 0.369 e. The molecule has 0 heterocycles. The van der Waals surface area contributed by atoms with Crippen LogP contribution in [0.2, 0.25) is 0 Å². The van der Waals surface area contributed by atoms with Crippen LogP contribution in [0.5, 0.6) is 0 Å². The Morgan fingerprint density at radius 2 is 1.41 bits per heavy atom. The normalized spacial score (nSPS) is 9.41. The third-order valence-corrected chi connectivity index (χ3v) is 2.56. The highest BCUT2D eigenvalue weighted by molar-refractivity contribution is 5.51. The van der Waals surface area contributed by atoms with Gasteiger partial charge in [-0.25, -0.2) is 0 Å². The van der Waals surface area contributed by atoms with Crippen molar-refractivity contribution in [3.63, 3.8) is 0 Å². The minimum Gasteiger partial charge on any atom is -0.369 e. The molecular formula is C14H17N3. The molecule has 0 aliphatic heterocycles. The van der Waals surface area contributed by atoms with E-state index in [-0.39, 0.29) is 0 Å². The Hall–Kier alpha value is -2.00. The molecule has 0 atom stereocenters. The number of hydrogen-bond acceptors (Lipinski definition) is 3. The molecule has 0 unspecified atom stereocenters. The average molecular weight is 227 g/mol. The fourth-order valence-electron chi connectivity index (χ4n) is 1.87. The van der Waals surface area contributed by atoms with E-state index in [1.54, 1.807) is 0 Å². The van der Waals surface area contributed by atoms with Crippen molar-refractivity contribution in [1.29, 1.82) is 10.5 Å². The van der Waals surface area contributed by atoms with Gasteiger partial charge in [-0.2, -0.15) is 10.5 Å². The van der Waals surface area contributed by atoms with Crippen molar-refractivity contribution in [2.24, 2.45) is 0 Å². The highest BCUT2D eigenvalue weighted by atomic mass is 15.1. The number of nitrogens with zero attached hydrogens (tertiary/aromatic N) is 3. The van der Waals surface area contributed by atoms with Crippen molar-refractivity contribution in [3.05, 3.63) is 29.3 Å². The summed E-state index contributed by atoms with van der Waals surface area (Å²) in [5.74, 6) is 0. The Balaban J connectivity index is 2.87. The van der Waals surface area contributed by atoms with Crippen molar-refractivity contribution in [1.82, 2.24) is 0 Å². The minimum atomic E-state index is 0.485. The molecule has 88 valence electrons. The number of aryl methyl sites for hydroxylation is 2. The van der Waals surface area contributed by atoms with E-state index in [4.69, 9.17) is 10.5 Å². The number of anilines is 1. The van der Waals surface area contributed by atoms with Crippen LogP contribution in [-0.2, 0) is 0 Å².